The Balaban J connectivity index is 2.55. The molecule has 0 N–H and O–H groups in total. The Labute approximate surface area is 131 Å². The standard InChI is InChI=1S/C13H10Cl4N2/c1-2-3-8-11(16)18-13(19-12(8)17)9-6-7(14)4-5-10(9)15/h4-6H,2-3H2,1H3. The Morgan fingerprint density at radius 1 is 1.00 bits per heavy atom. The lowest BCUT2D eigenvalue weighted by Gasteiger charge is -2.08. The van der Waals surface area contributed by atoms with Gasteiger partial charge < -0.3 is 0 Å². The molecule has 0 fully saturated rings. The quantitative estimate of drug-likeness (QED) is 0.671. The van der Waals surface area contributed by atoms with Crippen molar-refractivity contribution in [3.8, 4) is 11.4 Å². The Morgan fingerprint density at radius 2 is 1.63 bits per heavy atom. The lowest BCUT2D eigenvalue weighted by atomic mass is 10.2. The molecule has 1 aromatic carbocycles. The van der Waals surface area contributed by atoms with Crippen molar-refractivity contribution in [2.45, 2.75) is 19.8 Å². The number of aromatic nitrogens is 2. The molecule has 19 heavy (non-hydrogen) atoms. The van der Waals surface area contributed by atoms with E-state index in [4.69, 9.17) is 46.4 Å². The van der Waals surface area contributed by atoms with Gasteiger partial charge in [-0.05, 0) is 24.6 Å². The number of benzene rings is 1. The molecule has 100 valence electrons. The molecule has 6 heteroatoms. The first-order valence-corrected chi connectivity index (χ1v) is 7.21. The Bertz CT molecular complexity index is 591. The highest BCUT2D eigenvalue weighted by molar-refractivity contribution is 6.36. The van der Waals surface area contributed by atoms with Crippen LogP contribution in [0.4, 0.5) is 0 Å². The van der Waals surface area contributed by atoms with E-state index in [-0.39, 0.29) is 0 Å². The summed E-state index contributed by atoms with van der Waals surface area (Å²) in [7, 11) is 0. The number of hydrogen-bond acceptors (Lipinski definition) is 2. The molecule has 1 heterocycles. The summed E-state index contributed by atoms with van der Waals surface area (Å²) in [5, 5.41) is 1.76. The van der Waals surface area contributed by atoms with Crippen LogP contribution >= 0.6 is 46.4 Å². The predicted octanol–water partition coefficient (Wildman–Crippen LogP) is 5.71. The maximum atomic E-state index is 6.14. The summed E-state index contributed by atoms with van der Waals surface area (Å²) in [6.07, 6.45) is 1.65. The molecular formula is C13H10Cl4N2. The topological polar surface area (TPSA) is 25.8 Å². The van der Waals surface area contributed by atoms with E-state index in [1.54, 1.807) is 18.2 Å². The summed E-state index contributed by atoms with van der Waals surface area (Å²) in [6, 6.07) is 5.07. The van der Waals surface area contributed by atoms with Crippen molar-refractivity contribution >= 4 is 46.4 Å². The molecule has 0 unspecified atom stereocenters. The van der Waals surface area contributed by atoms with Gasteiger partial charge >= 0.3 is 0 Å². The van der Waals surface area contributed by atoms with Crippen LogP contribution in [0.1, 0.15) is 18.9 Å². The van der Waals surface area contributed by atoms with E-state index < -0.39 is 0 Å². The van der Waals surface area contributed by atoms with Crippen LogP contribution < -0.4 is 0 Å². The smallest absolute Gasteiger partial charge is 0.164 e. The van der Waals surface area contributed by atoms with E-state index in [1.165, 1.54) is 0 Å². The minimum Gasteiger partial charge on any atom is -0.216 e. The van der Waals surface area contributed by atoms with Crippen molar-refractivity contribution in [1.82, 2.24) is 9.97 Å². The molecule has 0 radical (unpaired) electrons. The lowest BCUT2D eigenvalue weighted by Crippen LogP contribution is -1.98. The van der Waals surface area contributed by atoms with Crippen LogP contribution in [0, 0.1) is 0 Å². The van der Waals surface area contributed by atoms with Gasteiger partial charge in [0.2, 0.25) is 0 Å². The highest BCUT2D eigenvalue weighted by Crippen LogP contribution is 2.32. The summed E-state index contributed by atoms with van der Waals surface area (Å²) in [4.78, 5) is 8.50. The molecule has 0 spiro atoms. The average molecular weight is 336 g/mol. The fraction of sp³-hybridized carbons (Fsp3) is 0.231. The maximum Gasteiger partial charge on any atom is 0.164 e. The van der Waals surface area contributed by atoms with E-state index in [9.17, 15) is 0 Å². The first-order chi connectivity index (χ1) is 9.02. The molecule has 0 saturated heterocycles. The van der Waals surface area contributed by atoms with Gasteiger partial charge in [-0.1, -0.05) is 59.7 Å². The van der Waals surface area contributed by atoms with Crippen molar-refractivity contribution in [3.63, 3.8) is 0 Å². The summed E-state index contributed by atoms with van der Waals surface area (Å²) < 4.78 is 0. The summed E-state index contributed by atoms with van der Waals surface area (Å²) in [6.45, 7) is 2.04. The molecule has 0 amide bonds. The van der Waals surface area contributed by atoms with Crippen LogP contribution in [0.15, 0.2) is 18.2 Å². The van der Waals surface area contributed by atoms with Crippen LogP contribution in [0.3, 0.4) is 0 Å². The zero-order valence-corrected chi connectivity index (χ0v) is 13.1. The molecule has 1 aromatic heterocycles. The van der Waals surface area contributed by atoms with E-state index in [1.807, 2.05) is 6.92 Å². The molecule has 0 bridgehead atoms. The first kappa shape index (κ1) is 14.9. The van der Waals surface area contributed by atoms with Gasteiger partial charge in [0.25, 0.3) is 0 Å². The van der Waals surface area contributed by atoms with E-state index in [0.717, 1.165) is 18.4 Å². The maximum absolute atomic E-state index is 6.14. The van der Waals surface area contributed by atoms with Crippen molar-refractivity contribution in [3.05, 3.63) is 44.1 Å². The monoisotopic (exact) mass is 334 g/mol. The molecule has 0 aliphatic rings. The third kappa shape index (κ3) is 3.32. The van der Waals surface area contributed by atoms with Gasteiger partial charge in [-0.3, -0.25) is 0 Å². The zero-order valence-electron chi connectivity index (χ0n) is 10.1. The van der Waals surface area contributed by atoms with Crippen LogP contribution in [-0.2, 0) is 6.42 Å². The van der Waals surface area contributed by atoms with Crippen LogP contribution in [0.2, 0.25) is 20.4 Å². The van der Waals surface area contributed by atoms with Crippen molar-refractivity contribution in [1.29, 1.82) is 0 Å². The van der Waals surface area contributed by atoms with Crippen molar-refractivity contribution < 1.29 is 0 Å². The van der Waals surface area contributed by atoms with Crippen LogP contribution in [-0.4, -0.2) is 9.97 Å². The third-order valence-electron chi connectivity index (χ3n) is 2.58. The molecular weight excluding hydrogens is 326 g/mol. The molecule has 0 aliphatic carbocycles. The van der Waals surface area contributed by atoms with Crippen molar-refractivity contribution in [2.75, 3.05) is 0 Å². The Kier molecular flexibility index (Phi) is 4.91. The summed E-state index contributed by atoms with van der Waals surface area (Å²) in [5.41, 5.74) is 1.37. The molecule has 2 nitrogen and oxygen atoms in total. The van der Waals surface area contributed by atoms with Gasteiger partial charge in [-0.2, -0.15) is 0 Å². The van der Waals surface area contributed by atoms with Crippen LogP contribution in [0.5, 0.6) is 0 Å². The van der Waals surface area contributed by atoms with Gasteiger partial charge in [0, 0.05) is 16.1 Å². The van der Waals surface area contributed by atoms with Gasteiger partial charge in [0.15, 0.2) is 5.82 Å². The zero-order chi connectivity index (χ0) is 14.0. The predicted molar refractivity (Wildman–Crippen MR) is 81.5 cm³/mol. The molecule has 2 rings (SSSR count). The average Bonchev–Trinajstić information content (AvgIpc) is 2.36. The number of halogens is 4. The molecule has 0 atom stereocenters. The lowest BCUT2D eigenvalue weighted by molar-refractivity contribution is 0.903. The Hall–Kier alpha value is -0.540. The number of rotatable bonds is 3. The second-order valence-corrected chi connectivity index (χ2v) is 5.54. The second-order valence-electron chi connectivity index (χ2n) is 3.98. The molecule has 0 aliphatic heterocycles. The number of hydrogen-bond donors (Lipinski definition) is 0. The summed E-state index contributed by atoms with van der Waals surface area (Å²) >= 11 is 24.3. The van der Waals surface area contributed by atoms with E-state index in [2.05, 4.69) is 9.97 Å². The van der Waals surface area contributed by atoms with Gasteiger partial charge in [0.05, 0.1) is 5.02 Å². The third-order valence-corrected chi connectivity index (χ3v) is 3.77. The van der Waals surface area contributed by atoms with E-state index in [0.29, 0.717) is 31.7 Å². The molecule has 2 aromatic rings. The largest absolute Gasteiger partial charge is 0.216 e. The second kappa shape index (κ2) is 6.27. The first-order valence-electron chi connectivity index (χ1n) is 5.70. The summed E-state index contributed by atoms with van der Waals surface area (Å²) in [5.74, 6) is 0.377. The van der Waals surface area contributed by atoms with Crippen LogP contribution in [0.25, 0.3) is 11.4 Å². The highest BCUT2D eigenvalue weighted by atomic mass is 35.5. The van der Waals surface area contributed by atoms with Crippen molar-refractivity contribution in [2.24, 2.45) is 0 Å². The fourth-order valence-electron chi connectivity index (χ4n) is 1.68. The minimum absolute atomic E-state index is 0.355. The minimum atomic E-state index is 0.355. The van der Waals surface area contributed by atoms with E-state index >= 15 is 0 Å². The number of nitrogens with zero attached hydrogens (tertiary/aromatic N) is 2. The van der Waals surface area contributed by atoms with Gasteiger partial charge in [-0.15, -0.1) is 0 Å². The normalized spacial score (nSPS) is 10.8. The Morgan fingerprint density at radius 3 is 2.21 bits per heavy atom. The fourth-order valence-corrected chi connectivity index (χ4v) is 2.63. The SMILES string of the molecule is CCCc1c(Cl)nc(-c2cc(Cl)ccc2Cl)nc1Cl. The van der Waals surface area contributed by atoms with Gasteiger partial charge in [-0.25, -0.2) is 9.97 Å². The molecule has 0 saturated carbocycles. The highest BCUT2D eigenvalue weighted by Gasteiger charge is 2.14. The van der Waals surface area contributed by atoms with Gasteiger partial charge in [0.1, 0.15) is 10.3 Å².